The predicted octanol–water partition coefficient (Wildman–Crippen LogP) is 7.22. The van der Waals surface area contributed by atoms with E-state index in [4.69, 9.17) is 0 Å². The van der Waals surface area contributed by atoms with E-state index in [1.165, 1.54) is 70.6 Å². The summed E-state index contributed by atoms with van der Waals surface area (Å²) in [4.78, 5) is 0. The summed E-state index contributed by atoms with van der Waals surface area (Å²) in [6.07, 6.45) is 18.1. The maximum Gasteiger partial charge on any atom is 0.0877 e. The third kappa shape index (κ3) is 4.05. The van der Waals surface area contributed by atoms with Gasteiger partial charge in [-0.1, -0.05) is 53.4 Å². The van der Waals surface area contributed by atoms with Gasteiger partial charge in [-0.25, -0.2) is 0 Å². The Morgan fingerprint density at radius 1 is 0.903 bits per heavy atom. The van der Waals surface area contributed by atoms with Crippen LogP contribution in [0.3, 0.4) is 0 Å². The molecule has 4 aliphatic rings. The Bertz CT molecular complexity index is 614. The maximum atomic E-state index is 10.6. The van der Waals surface area contributed by atoms with E-state index in [2.05, 4.69) is 27.7 Å². The highest BCUT2D eigenvalue weighted by molar-refractivity contribution is 5.09. The van der Waals surface area contributed by atoms with Crippen LogP contribution in [0, 0.1) is 52.3 Å². The van der Waals surface area contributed by atoms with Crippen molar-refractivity contribution in [2.75, 3.05) is 6.61 Å². The molecule has 0 saturated heterocycles. The molecule has 0 aromatic heterocycles. The maximum absolute atomic E-state index is 10.6. The first-order chi connectivity index (χ1) is 14.7. The molecular weight excluding hydrogens is 380 g/mol. The zero-order valence-electron chi connectivity index (χ0n) is 21.3. The van der Waals surface area contributed by atoms with Crippen molar-refractivity contribution in [2.24, 2.45) is 52.3 Å². The van der Waals surface area contributed by atoms with E-state index < -0.39 is 5.60 Å². The molecule has 0 radical (unpaired) electrons. The van der Waals surface area contributed by atoms with Crippen LogP contribution in [0.1, 0.15) is 118 Å². The summed E-state index contributed by atoms with van der Waals surface area (Å²) in [5, 5.41) is 20.2. The molecule has 2 nitrogen and oxygen atoms in total. The Morgan fingerprint density at radius 2 is 1.65 bits per heavy atom. The second-order valence-corrected chi connectivity index (χ2v) is 13.3. The Hall–Kier alpha value is -0.0800. The van der Waals surface area contributed by atoms with Crippen molar-refractivity contribution < 1.29 is 10.2 Å². The number of aliphatic hydroxyl groups excluding tert-OH is 1. The van der Waals surface area contributed by atoms with Gasteiger partial charge in [0.05, 0.1) is 12.2 Å². The molecule has 0 amide bonds. The lowest BCUT2D eigenvalue weighted by Crippen LogP contribution is -2.53. The quantitative estimate of drug-likeness (QED) is 0.446. The molecule has 4 saturated carbocycles. The fourth-order valence-corrected chi connectivity index (χ4v) is 10.0. The fraction of sp³-hybridized carbons (Fsp3) is 1.00. The van der Waals surface area contributed by atoms with Gasteiger partial charge in [-0.2, -0.15) is 0 Å². The first-order valence-corrected chi connectivity index (χ1v) is 14.0. The number of aliphatic hydroxyl groups is 2. The predicted molar refractivity (Wildman–Crippen MR) is 130 cm³/mol. The summed E-state index contributed by atoms with van der Waals surface area (Å²) in [6, 6.07) is 0. The molecule has 4 aliphatic carbocycles. The van der Waals surface area contributed by atoms with Crippen LogP contribution in [-0.2, 0) is 0 Å². The van der Waals surface area contributed by atoms with Crippen molar-refractivity contribution in [3.63, 3.8) is 0 Å². The molecule has 180 valence electrons. The van der Waals surface area contributed by atoms with Gasteiger partial charge in [0.15, 0.2) is 0 Å². The monoisotopic (exact) mass is 432 g/mol. The third-order valence-corrected chi connectivity index (χ3v) is 12.0. The van der Waals surface area contributed by atoms with Crippen LogP contribution in [0.5, 0.6) is 0 Å². The van der Waals surface area contributed by atoms with Crippen molar-refractivity contribution in [3.05, 3.63) is 0 Å². The molecule has 2 heteroatoms. The second kappa shape index (κ2) is 8.94. The number of hydrogen-bond acceptors (Lipinski definition) is 2. The van der Waals surface area contributed by atoms with E-state index in [0.717, 1.165) is 48.3 Å². The molecule has 31 heavy (non-hydrogen) atoms. The summed E-state index contributed by atoms with van der Waals surface area (Å²) < 4.78 is 0. The summed E-state index contributed by atoms with van der Waals surface area (Å²) >= 11 is 0. The summed E-state index contributed by atoms with van der Waals surface area (Å²) in [5.41, 5.74) is 0.263. The normalized spacial score (nSPS) is 46.4. The molecule has 3 unspecified atom stereocenters. The average molecular weight is 433 g/mol. The zero-order valence-corrected chi connectivity index (χ0v) is 21.3. The van der Waals surface area contributed by atoms with Crippen LogP contribution < -0.4 is 0 Å². The minimum absolute atomic E-state index is 0.119. The molecule has 0 aromatic carbocycles. The molecule has 4 rings (SSSR count). The summed E-state index contributed by atoms with van der Waals surface area (Å²) in [7, 11) is 0. The van der Waals surface area contributed by atoms with Crippen molar-refractivity contribution in [2.45, 2.75) is 124 Å². The van der Waals surface area contributed by atoms with Gasteiger partial charge in [-0.3, -0.25) is 0 Å². The topological polar surface area (TPSA) is 40.5 Å². The lowest BCUT2D eigenvalue weighted by Gasteiger charge is -2.61. The van der Waals surface area contributed by atoms with Gasteiger partial charge in [-0.15, -0.1) is 0 Å². The van der Waals surface area contributed by atoms with Crippen LogP contribution in [0.15, 0.2) is 0 Å². The lowest BCUT2D eigenvalue weighted by atomic mass is 9.44. The minimum atomic E-state index is -0.928. The van der Waals surface area contributed by atoms with Crippen LogP contribution in [0.25, 0.3) is 0 Å². The van der Waals surface area contributed by atoms with Crippen LogP contribution >= 0.6 is 0 Å². The molecule has 0 aliphatic heterocycles. The highest BCUT2D eigenvalue weighted by Gasteiger charge is 2.60. The van der Waals surface area contributed by atoms with Gasteiger partial charge < -0.3 is 10.2 Å². The molecule has 4 fully saturated rings. The van der Waals surface area contributed by atoms with Crippen LogP contribution in [0.2, 0.25) is 0 Å². The van der Waals surface area contributed by atoms with Crippen LogP contribution in [-0.4, -0.2) is 22.4 Å². The van der Waals surface area contributed by atoms with Crippen LogP contribution in [0.4, 0.5) is 0 Å². The number of hydrogen-bond donors (Lipinski definition) is 2. The first-order valence-electron chi connectivity index (χ1n) is 14.0. The van der Waals surface area contributed by atoms with E-state index in [0.29, 0.717) is 10.8 Å². The molecule has 0 spiro atoms. The Morgan fingerprint density at radius 3 is 2.35 bits per heavy atom. The smallest absolute Gasteiger partial charge is 0.0877 e. The van der Waals surface area contributed by atoms with Gasteiger partial charge in [0.2, 0.25) is 0 Å². The van der Waals surface area contributed by atoms with Crippen molar-refractivity contribution >= 4 is 0 Å². The highest BCUT2D eigenvalue weighted by Crippen LogP contribution is 2.68. The molecular formula is C29H52O2. The number of rotatable bonds is 7. The highest BCUT2D eigenvalue weighted by atomic mass is 16.3. The molecule has 0 aromatic rings. The van der Waals surface area contributed by atoms with Gasteiger partial charge in [-0.05, 0) is 117 Å². The molecule has 0 bridgehead atoms. The first kappa shape index (κ1) is 24.1. The zero-order chi connectivity index (χ0) is 22.4. The van der Waals surface area contributed by atoms with E-state index in [1.807, 2.05) is 6.92 Å². The standard InChI is InChI=1S/C29H52O2/c1-6-21(29(5,31)19-30)11-10-20(2)24-14-15-25-23-13-12-22-9-7-8-17-27(22,3)26(23)16-18-28(24,25)4/h20-26,30-31H,6-19H2,1-5H3/t20-,21?,22?,23+,24-,25+,26+,27+,28-,29?/m1/s1. The van der Waals surface area contributed by atoms with E-state index in [1.54, 1.807) is 0 Å². The lowest BCUT2D eigenvalue weighted by molar-refractivity contribution is -0.114. The average Bonchev–Trinajstić information content (AvgIpc) is 3.10. The minimum Gasteiger partial charge on any atom is -0.393 e. The summed E-state index contributed by atoms with van der Waals surface area (Å²) in [5.74, 6) is 5.77. The summed E-state index contributed by atoms with van der Waals surface area (Å²) in [6.45, 7) is 11.7. The second-order valence-electron chi connectivity index (χ2n) is 13.3. The Labute approximate surface area is 193 Å². The Balaban J connectivity index is 1.44. The van der Waals surface area contributed by atoms with Gasteiger partial charge in [0.1, 0.15) is 0 Å². The molecule has 2 N–H and O–H groups in total. The molecule has 0 heterocycles. The van der Waals surface area contributed by atoms with Gasteiger partial charge in [0.25, 0.3) is 0 Å². The van der Waals surface area contributed by atoms with E-state index >= 15 is 0 Å². The largest absolute Gasteiger partial charge is 0.393 e. The van der Waals surface area contributed by atoms with Gasteiger partial charge in [0, 0.05) is 0 Å². The van der Waals surface area contributed by atoms with Crippen molar-refractivity contribution in [3.8, 4) is 0 Å². The number of fused-ring (bicyclic) bond motifs is 5. The third-order valence-electron chi connectivity index (χ3n) is 12.0. The van der Waals surface area contributed by atoms with Gasteiger partial charge >= 0.3 is 0 Å². The van der Waals surface area contributed by atoms with Crippen molar-refractivity contribution in [1.29, 1.82) is 0 Å². The SMILES string of the molecule is CCC(CC[C@@H](C)[C@H]1CC[C@H]2[C@@H]3CCC4CCCC[C@]4(C)[C@H]3CC[C@]12C)C(C)(O)CO. The van der Waals surface area contributed by atoms with E-state index in [-0.39, 0.29) is 12.5 Å². The van der Waals surface area contributed by atoms with Crippen molar-refractivity contribution in [1.82, 2.24) is 0 Å². The fourth-order valence-electron chi connectivity index (χ4n) is 10.0. The Kier molecular flexibility index (Phi) is 6.93. The molecule has 10 atom stereocenters. The van der Waals surface area contributed by atoms with E-state index in [9.17, 15) is 10.2 Å².